The first kappa shape index (κ1) is 15.8. The van der Waals surface area contributed by atoms with Crippen molar-refractivity contribution in [2.75, 3.05) is 13.1 Å². The lowest BCUT2D eigenvalue weighted by Gasteiger charge is -2.24. The first-order chi connectivity index (χ1) is 10.9. The molecule has 1 atom stereocenters. The highest BCUT2D eigenvalue weighted by molar-refractivity contribution is 5.84. The largest absolute Gasteiger partial charge is 0.444 e. The number of nitrogens with zero attached hydrogens (tertiary/aromatic N) is 2. The van der Waals surface area contributed by atoms with Crippen LogP contribution in [0.5, 0.6) is 0 Å². The fourth-order valence-corrected chi connectivity index (χ4v) is 3.17. The molecule has 1 saturated heterocycles. The summed E-state index contributed by atoms with van der Waals surface area (Å²) in [5.41, 5.74) is 0.901. The fourth-order valence-electron chi connectivity index (χ4n) is 3.17. The molecular weight excluding hydrogens is 288 g/mol. The van der Waals surface area contributed by atoms with Gasteiger partial charge in [0.1, 0.15) is 5.60 Å². The molecule has 1 aromatic heterocycles. The van der Waals surface area contributed by atoms with Crippen molar-refractivity contribution < 1.29 is 9.53 Å². The normalized spacial score (nSPS) is 18.4. The van der Waals surface area contributed by atoms with E-state index >= 15 is 0 Å². The molecule has 4 nitrogen and oxygen atoms in total. The van der Waals surface area contributed by atoms with Crippen molar-refractivity contribution in [3.63, 3.8) is 0 Å². The Balaban J connectivity index is 1.67. The van der Waals surface area contributed by atoms with Crippen molar-refractivity contribution in [1.29, 1.82) is 0 Å². The van der Waals surface area contributed by atoms with Crippen LogP contribution in [0.25, 0.3) is 10.8 Å². The Morgan fingerprint density at radius 3 is 2.96 bits per heavy atom. The zero-order chi connectivity index (χ0) is 16.4. The Morgan fingerprint density at radius 1 is 1.35 bits per heavy atom. The van der Waals surface area contributed by atoms with Gasteiger partial charge in [0.25, 0.3) is 0 Å². The molecule has 0 bridgehead atoms. The molecule has 2 aromatic rings. The lowest BCUT2D eigenvalue weighted by molar-refractivity contribution is 0.0288. The van der Waals surface area contributed by atoms with Gasteiger partial charge in [-0.3, -0.25) is 4.98 Å². The highest BCUT2D eigenvalue weighted by Crippen LogP contribution is 2.26. The van der Waals surface area contributed by atoms with E-state index in [0.717, 1.165) is 25.9 Å². The Hall–Kier alpha value is -2.10. The number of pyridine rings is 1. The number of hydrogen-bond acceptors (Lipinski definition) is 3. The van der Waals surface area contributed by atoms with Crippen molar-refractivity contribution in [2.45, 2.75) is 39.2 Å². The van der Waals surface area contributed by atoms with Crippen LogP contribution >= 0.6 is 0 Å². The van der Waals surface area contributed by atoms with Gasteiger partial charge >= 0.3 is 6.09 Å². The molecule has 1 fully saturated rings. The summed E-state index contributed by atoms with van der Waals surface area (Å²) >= 11 is 0. The van der Waals surface area contributed by atoms with Crippen LogP contribution in [0.15, 0.2) is 36.7 Å². The van der Waals surface area contributed by atoms with Crippen LogP contribution in [0.1, 0.15) is 32.8 Å². The lowest BCUT2D eigenvalue weighted by atomic mass is 9.95. The topological polar surface area (TPSA) is 42.4 Å². The Bertz CT molecular complexity index is 701. The van der Waals surface area contributed by atoms with Crippen LogP contribution in [0.4, 0.5) is 4.79 Å². The monoisotopic (exact) mass is 312 g/mol. The van der Waals surface area contributed by atoms with Crippen LogP contribution < -0.4 is 0 Å². The van der Waals surface area contributed by atoms with Crippen LogP contribution in [-0.2, 0) is 11.2 Å². The predicted octanol–water partition coefficient (Wildman–Crippen LogP) is 4.03. The maximum Gasteiger partial charge on any atom is 0.410 e. The number of aromatic nitrogens is 1. The number of carbonyl (C=O) groups excluding carboxylic acids is 1. The molecule has 0 N–H and O–H groups in total. The third-order valence-corrected chi connectivity index (χ3v) is 4.22. The first-order valence-corrected chi connectivity index (χ1v) is 8.22. The van der Waals surface area contributed by atoms with Gasteiger partial charge in [-0.15, -0.1) is 0 Å². The van der Waals surface area contributed by atoms with Crippen molar-refractivity contribution in [1.82, 2.24) is 9.88 Å². The van der Waals surface area contributed by atoms with Crippen molar-refractivity contribution in [3.05, 3.63) is 42.2 Å². The molecule has 0 radical (unpaired) electrons. The van der Waals surface area contributed by atoms with Gasteiger partial charge in [-0.1, -0.05) is 18.2 Å². The number of amides is 1. The van der Waals surface area contributed by atoms with Crippen LogP contribution in [0.3, 0.4) is 0 Å². The minimum Gasteiger partial charge on any atom is -0.444 e. The second-order valence-electron chi connectivity index (χ2n) is 7.30. The zero-order valence-electron chi connectivity index (χ0n) is 14.1. The highest BCUT2D eigenvalue weighted by atomic mass is 16.6. The van der Waals surface area contributed by atoms with Gasteiger partial charge in [-0.05, 0) is 56.5 Å². The molecule has 1 amide bonds. The van der Waals surface area contributed by atoms with E-state index in [1.807, 2.05) is 38.1 Å². The number of ether oxygens (including phenoxy) is 1. The van der Waals surface area contributed by atoms with Gasteiger partial charge in [0.2, 0.25) is 0 Å². The number of likely N-dealkylation sites (tertiary alicyclic amines) is 1. The maximum atomic E-state index is 12.2. The number of hydrogen-bond donors (Lipinski definition) is 0. The zero-order valence-corrected chi connectivity index (χ0v) is 14.1. The highest BCUT2D eigenvalue weighted by Gasteiger charge is 2.29. The average Bonchev–Trinajstić information content (AvgIpc) is 2.95. The minimum absolute atomic E-state index is 0.192. The molecule has 2 heterocycles. The van der Waals surface area contributed by atoms with Gasteiger partial charge in [-0.25, -0.2) is 4.79 Å². The summed E-state index contributed by atoms with van der Waals surface area (Å²) in [5.74, 6) is 0.487. The van der Waals surface area contributed by atoms with E-state index < -0.39 is 5.60 Å². The summed E-state index contributed by atoms with van der Waals surface area (Å²) in [5, 5.41) is 2.44. The van der Waals surface area contributed by atoms with E-state index in [0.29, 0.717) is 5.92 Å². The van der Waals surface area contributed by atoms with Crippen molar-refractivity contribution in [2.24, 2.45) is 5.92 Å². The number of benzene rings is 1. The van der Waals surface area contributed by atoms with Crippen molar-refractivity contribution in [3.8, 4) is 0 Å². The van der Waals surface area contributed by atoms with Gasteiger partial charge < -0.3 is 9.64 Å². The fraction of sp³-hybridized carbons (Fsp3) is 0.474. The molecule has 0 spiro atoms. The summed E-state index contributed by atoms with van der Waals surface area (Å²) in [7, 11) is 0. The van der Waals surface area contributed by atoms with Crippen LogP contribution in [-0.4, -0.2) is 34.7 Å². The number of rotatable bonds is 2. The molecule has 1 aliphatic heterocycles. The minimum atomic E-state index is -0.433. The molecule has 1 aromatic carbocycles. The van der Waals surface area contributed by atoms with Gasteiger partial charge in [0.05, 0.1) is 0 Å². The molecule has 4 heteroatoms. The summed E-state index contributed by atoms with van der Waals surface area (Å²) in [4.78, 5) is 18.2. The predicted molar refractivity (Wildman–Crippen MR) is 91.4 cm³/mol. The third-order valence-electron chi connectivity index (χ3n) is 4.22. The molecule has 0 saturated carbocycles. The summed E-state index contributed by atoms with van der Waals surface area (Å²) in [6.07, 6.45) is 5.57. The van der Waals surface area contributed by atoms with E-state index in [1.165, 1.54) is 16.3 Å². The summed E-state index contributed by atoms with van der Waals surface area (Å²) < 4.78 is 5.47. The van der Waals surface area contributed by atoms with Gasteiger partial charge in [0.15, 0.2) is 0 Å². The van der Waals surface area contributed by atoms with E-state index in [9.17, 15) is 4.79 Å². The number of fused-ring (bicyclic) bond motifs is 1. The van der Waals surface area contributed by atoms with Crippen molar-refractivity contribution >= 4 is 16.9 Å². The lowest BCUT2D eigenvalue weighted by Crippen LogP contribution is -2.35. The number of carbonyl (C=O) groups is 1. The summed E-state index contributed by atoms with van der Waals surface area (Å²) in [6.45, 7) is 7.27. The van der Waals surface area contributed by atoms with E-state index in [1.54, 1.807) is 0 Å². The molecular formula is C19H24N2O2. The first-order valence-electron chi connectivity index (χ1n) is 8.22. The third kappa shape index (κ3) is 3.81. The van der Waals surface area contributed by atoms with E-state index in [4.69, 9.17) is 4.74 Å². The standard InChI is InChI=1S/C19H24N2O2/c1-19(2,3)23-18(22)21-10-8-14(13-21)11-15-5-4-6-16-12-20-9-7-17(15)16/h4-7,9,12,14H,8,10-11,13H2,1-3H3. The SMILES string of the molecule is CC(C)(C)OC(=O)N1CCC(Cc2cccc3cnccc23)C1. The maximum absolute atomic E-state index is 12.2. The quantitative estimate of drug-likeness (QED) is 0.840. The Kier molecular flexibility index (Phi) is 4.24. The van der Waals surface area contributed by atoms with Crippen LogP contribution in [0.2, 0.25) is 0 Å². The Morgan fingerprint density at radius 2 is 2.17 bits per heavy atom. The van der Waals surface area contributed by atoms with Crippen LogP contribution in [0, 0.1) is 5.92 Å². The average molecular weight is 312 g/mol. The summed E-state index contributed by atoms with van der Waals surface area (Å²) in [6, 6.07) is 8.43. The van der Waals surface area contributed by atoms with Gasteiger partial charge in [0, 0.05) is 30.9 Å². The smallest absolute Gasteiger partial charge is 0.410 e. The van der Waals surface area contributed by atoms with Gasteiger partial charge in [-0.2, -0.15) is 0 Å². The molecule has 3 rings (SSSR count). The molecule has 122 valence electrons. The van der Waals surface area contributed by atoms with E-state index in [2.05, 4.69) is 29.2 Å². The molecule has 0 aliphatic carbocycles. The molecule has 1 aliphatic rings. The molecule has 1 unspecified atom stereocenters. The second-order valence-corrected chi connectivity index (χ2v) is 7.30. The van der Waals surface area contributed by atoms with E-state index in [-0.39, 0.29) is 6.09 Å². The Labute approximate surface area is 137 Å². The molecule has 23 heavy (non-hydrogen) atoms. The second kappa shape index (κ2) is 6.19.